The van der Waals surface area contributed by atoms with Gasteiger partial charge in [0.15, 0.2) is 0 Å². The molecule has 0 saturated carbocycles. The molecule has 0 saturated heterocycles. The van der Waals surface area contributed by atoms with E-state index in [9.17, 15) is 4.79 Å². The molecular formula is C16H22Cl2O3. The first-order chi connectivity index (χ1) is 9.92. The minimum atomic E-state index is -2.01. The highest BCUT2D eigenvalue weighted by atomic mass is 35.5. The summed E-state index contributed by atoms with van der Waals surface area (Å²) in [5.74, 6) is 0.333. The van der Waals surface area contributed by atoms with E-state index in [1.807, 2.05) is 6.07 Å². The largest absolute Gasteiger partial charge is 0.461 e. The van der Waals surface area contributed by atoms with E-state index in [1.165, 1.54) is 6.42 Å². The van der Waals surface area contributed by atoms with Crippen molar-refractivity contribution in [3.8, 4) is 5.75 Å². The standard InChI is InChI=1S/C16H22Cl2O3/c1-13(2)9-5-4-8-12-20-15(19)16(17,18)21-14-10-6-3-7-11-14/h3,6-7,10-11,13H,4-5,8-9,12H2,1-2H3. The minimum Gasteiger partial charge on any atom is -0.461 e. The van der Waals surface area contributed by atoms with Crippen LogP contribution in [0.5, 0.6) is 5.75 Å². The summed E-state index contributed by atoms with van der Waals surface area (Å²) >= 11 is 11.7. The quantitative estimate of drug-likeness (QED) is 0.364. The van der Waals surface area contributed by atoms with Crippen LogP contribution in [-0.2, 0) is 9.53 Å². The summed E-state index contributed by atoms with van der Waals surface area (Å²) in [6.07, 6.45) is 4.12. The van der Waals surface area contributed by atoms with E-state index in [0.717, 1.165) is 19.3 Å². The fourth-order valence-electron chi connectivity index (χ4n) is 1.76. The molecule has 0 N–H and O–H groups in total. The number of carbonyl (C=O) groups excluding carboxylic acids is 1. The molecule has 0 aliphatic heterocycles. The molecule has 0 aromatic heterocycles. The molecule has 0 atom stereocenters. The first-order valence-electron chi connectivity index (χ1n) is 7.21. The maximum atomic E-state index is 11.8. The van der Waals surface area contributed by atoms with Crippen LogP contribution in [0.3, 0.4) is 0 Å². The predicted octanol–water partition coefficient (Wildman–Crippen LogP) is 4.96. The summed E-state index contributed by atoms with van der Waals surface area (Å²) < 4.78 is 8.27. The lowest BCUT2D eigenvalue weighted by atomic mass is 10.1. The number of halogens is 2. The van der Waals surface area contributed by atoms with Crippen LogP contribution < -0.4 is 4.74 Å². The summed E-state index contributed by atoms with van der Waals surface area (Å²) in [4.78, 5) is 11.8. The number of alkyl halides is 2. The third kappa shape index (κ3) is 7.58. The third-order valence-electron chi connectivity index (χ3n) is 2.89. The second-order valence-corrected chi connectivity index (χ2v) is 6.57. The first-order valence-corrected chi connectivity index (χ1v) is 7.96. The van der Waals surface area contributed by atoms with Crippen LogP contribution in [0.1, 0.15) is 39.5 Å². The van der Waals surface area contributed by atoms with Gasteiger partial charge in [-0.15, -0.1) is 0 Å². The fraction of sp³-hybridized carbons (Fsp3) is 0.562. The van der Waals surface area contributed by atoms with Crippen molar-refractivity contribution in [2.75, 3.05) is 6.61 Å². The van der Waals surface area contributed by atoms with Gasteiger partial charge in [0.05, 0.1) is 6.61 Å². The van der Waals surface area contributed by atoms with Crippen molar-refractivity contribution in [2.45, 2.75) is 44.1 Å². The van der Waals surface area contributed by atoms with E-state index < -0.39 is 10.5 Å². The maximum Gasteiger partial charge on any atom is 0.383 e. The van der Waals surface area contributed by atoms with Crippen molar-refractivity contribution in [1.82, 2.24) is 0 Å². The molecular weight excluding hydrogens is 311 g/mol. The van der Waals surface area contributed by atoms with Gasteiger partial charge in [-0.3, -0.25) is 0 Å². The Bertz CT molecular complexity index is 419. The van der Waals surface area contributed by atoms with Gasteiger partial charge < -0.3 is 9.47 Å². The number of unbranched alkanes of at least 4 members (excludes halogenated alkanes) is 2. The van der Waals surface area contributed by atoms with E-state index in [1.54, 1.807) is 24.3 Å². The normalized spacial score (nSPS) is 11.5. The van der Waals surface area contributed by atoms with Crippen molar-refractivity contribution < 1.29 is 14.3 Å². The highest BCUT2D eigenvalue weighted by molar-refractivity contribution is 6.56. The van der Waals surface area contributed by atoms with Crippen LogP contribution in [0.2, 0.25) is 0 Å². The highest BCUT2D eigenvalue weighted by Crippen LogP contribution is 2.27. The van der Waals surface area contributed by atoms with Gasteiger partial charge in [0.25, 0.3) is 0 Å². The molecule has 1 aromatic rings. The molecule has 0 aliphatic carbocycles. The number of rotatable bonds is 9. The zero-order chi connectivity index (χ0) is 15.7. The Morgan fingerprint density at radius 3 is 2.43 bits per heavy atom. The first kappa shape index (κ1) is 18.1. The Kier molecular flexibility index (Phi) is 7.91. The van der Waals surface area contributed by atoms with Gasteiger partial charge in [-0.25, -0.2) is 4.79 Å². The van der Waals surface area contributed by atoms with Crippen LogP contribution in [0.4, 0.5) is 0 Å². The Morgan fingerprint density at radius 1 is 1.14 bits per heavy atom. The van der Waals surface area contributed by atoms with Gasteiger partial charge >= 0.3 is 10.5 Å². The van der Waals surface area contributed by atoms with Gasteiger partial charge in [0.2, 0.25) is 0 Å². The second kappa shape index (κ2) is 9.16. The van der Waals surface area contributed by atoms with Crippen molar-refractivity contribution in [3.05, 3.63) is 30.3 Å². The van der Waals surface area contributed by atoms with Crippen molar-refractivity contribution in [1.29, 1.82) is 0 Å². The molecule has 3 nitrogen and oxygen atoms in total. The van der Waals surface area contributed by atoms with E-state index in [2.05, 4.69) is 13.8 Å². The van der Waals surface area contributed by atoms with Crippen LogP contribution in [0.25, 0.3) is 0 Å². The molecule has 5 heteroatoms. The highest BCUT2D eigenvalue weighted by Gasteiger charge is 2.38. The molecule has 0 bridgehead atoms. The Hall–Kier alpha value is -0.930. The number of benzene rings is 1. The maximum absolute atomic E-state index is 11.8. The van der Waals surface area contributed by atoms with Gasteiger partial charge in [0.1, 0.15) is 5.75 Å². The molecule has 0 heterocycles. The minimum absolute atomic E-state index is 0.302. The zero-order valence-electron chi connectivity index (χ0n) is 12.5. The third-order valence-corrected chi connectivity index (χ3v) is 3.35. The smallest absolute Gasteiger partial charge is 0.383 e. The van der Waals surface area contributed by atoms with Crippen LogP contribution in [-0.4, -0.2) is 17.1 Å². The average Bonchev–Trinajstić information content (AvgIpc) is 2.42. The summed E-state index contributed by atoms with van der Waals surface area (Å²) in [7, 11) is 0. The molecule has 0 fully saturated rings. The molecule has 1 rings (SSSR count). The monoisotopic (exact) mass is 332 g/mol. The Balaban J connectivity index is 2.27. The topological polar surface area (TPSA) is 35.5 Å². The number of para-hydroxylation sites is 1. The van der Waals surface area contributed by atoms with Gasteiger partial charge in [-0.1, -0.05) is 51.3 Å². The Morgan fingerprint density at radius 2 is 1.81 bits per heavy atom. The number of carbonyl (C=O) groups is 1. The molecule has 21 heavy (non-hydrogen) atoms. The predicted molar refractivity (Wildman–Crippen MR) is 85.8 cm³/mol. The van der Waals surface area contributed by atoms with Crippen molar-refractivity contribution in [2.24, 2.45) is 5.92 Å². The number of hydrogen-bond acceptors (Lipinski definition) is 3. The molecule has 0 unspecified atom stereocenters. The molecule has 118 valence electrons. The lowest BCUT2D eigenvalue weighted by molar-refractivity contribution is -0.150. The summed E-state index contributed by atoms with van der Waals surface area (Å²) in [6.45, 7) is 4.68. The number of hydrogen-bond donors (Lipinski definition) is 0. The molecule has 0 aliphatic rings. The molecule has 1 aromatic carbocycles. The molecule has 0 amide bonds. The summed E-state index contributed by atoms with van der Waals surface area (Å²) in [5, 5.41) is 0. The van der Waals surface area contributed by atoms with Crippen LogP contribution >= 0.6 is 23.2 Å². The lowest BCUT2D eigenvalue weighted by Crippen LogP contribution is -2.34. The summed E-state index contributed by atoms with van der Waals surface area (Å²) in [6, 6.07) is 8.68. The number of esters is 1. The van der Waals surface area contributed by atoms with Gasteiger partial charge in [0, 0.05) is 0 Å². The molecule has 0 radical (unpaired) electrons. The van der Waals surface area contributed by atoms with Gasteiger partial charge in [-0.05, 0) is 47.7 Å². The lowest BCUT2D eigenvalue weighted by Gasteiger charge is -2.19. The van der Waals surface area contributed by atoms with E-state index in [0.29, 0.717) is 18.3 Å². The van der Waals surface area contributed by atoms with E-state index in [4.69, 9.17) is 32.7 Å². The van der Waals surface area contributed by atoms with E-state index >= 15 is 0 Å². The Labute approximate surface area is 136 Å². The van der Waals surface area contributed by atoms with Crippen LogP contribution in [0, 0.1) is 5.92 Å². The van der Waals surface area contributed by atoms with Crippen LogP contribution in [0.15, 0.2) is 30.3 Å². The van der Waals surface area contributed by atoms with Crippen molar-refractivity contribution >= 4 is 29.2 Å². The van der Waals surface area contributed by atoms with Crippen molar-refractivity contribution in [3.63, 3.8) is 0 Å². The zero-order valence-corrected chi connectivity index (χ0v) is 14.0. The fourth-order valence-corrected chi connectivity index (χ4v) is 2.05. The average molecular weight is 333 g/mol. The van der Waals surface area contributed by atoms with Gasteiger partial charge in [-0.2, -0.15) is 0 Å². The summed E-state index contributed by atoms with van der Waals surface area (Å²) in [5.41, 5.74) is 0. The SMILES string of the molecule is CC(C)CCCCCOC(=O)C(Cl)(Cl)Oc1ccccc1. The second-order valence-electron chi connectivity index (χ2n) is 5.31. The van der Waals surface area contributed by atoms with E-state index in [-0.39, 0.29) is 0 Å². The number of ether oxygens (including phenoxy) is 2. The molecule has 0 spiro atoms.